The summed E-state index contributed by atoms with van der Waals surface area (Å²) >= 11 is 6.13. The fraction of sp³-hybridized carbons (Fsp3) is 0.167. The normalized spacial score (nSPS) is 10.2. The van der Waals surface area contributed by atoms with Gasteiger partial charge in [-0.3, -0.25) is 9.59 Å². The van der Waals surface area contributed by atoms with Crippen molar-refractivity contribution in [3.63, 3.8) is 0 Å². The first-order valence-corrected chi connectivity index (χ1v) is 10.4. The highest BCUT2D eigenvalue weighted by Crippen LogP contribution is 2.26. The average Bonchev–Trinajstić information content (AvgIpc) is 2.80. The molecule has 0 unspecified atom stereocenters. The van der Waals surface area contributed by atoms with E-state index in [1.807, 2.05) is 6.92 Å². The molecule has 2 amide bonds. The zero-order chi connectivity index (χ0) is 22.9. The zero-order valence-corrected chi connectivity index (χ0v) is 18.5. The molecule has 0 saturated carbocycles. The summed E-state index contributed by atoms with van der Waals surface area (Å²) in [5.41, 5.74) is 2.31. The van der Waals surface area contributed by atoms with Gasteiger partial charge in [-0.1, -0.05) is 11.6 Å². The number of benzene rings is 3. The van der Waals surface area contributed by atoms with Crippen LogP contribution in [0, 0.1) is 0 Å². The third-order valence-electron chi connectivity index (χ3n) is 4.47. The number of ether oxygens (including phenoxy) is 2. The van der Waals surface area contributed by atoms with Crippen LogP contribution >= 0.6 is 11.6 Å². The van der Waals surface area contributed by atoms with Crippen molar-refractivity contribution in [2.75, 3.05) is 36.2 Å². The van der Waals surface area contributed by atoms with E-state index in [1.54, 1.807) is 73.8 Å². The largest absolute Gasteiger partial charge is 0.497 e. The highest BCUT2D eigenvalue weighted by molar-refractivity contribution is 6.33. The maximum absolute atomic E-state index is 12.4. The minimum Gasteiger partial charge on any atom is -0.497 e. The van der Waals surface area contributed by atoms with E-state index in [0.717, 1.165) is 5.75 Å². The molecule has 0 aliphatic heterocycles. The second kappa shape index (κ2) is 11.1. The van der Waals surface area contributed by atoms with E-state index in [4.69, 9.17) is 21.1 Å². The third kappa shape index (κ3) is 6.39. The number of carbonyl (C=O) groups is 2. The summed E-state index contributed by atoms with van der Waals surface area (Å²) in [7, 11) is 1.56. The Bertz CT molecular complexity index is 1070. The molecule has 0 heterocycles. The summed E-state index contributed by atoms with van der Waals surface area (Å²) in [5.74, 6) is 0.877. The van der Waals surface area contributed by atoms with Crippen molar-refractivity contribution in [1.29, 1.82) is 0 Å². The SMILES string of the molecule is CCOc1ccc(NC(=O)c2ccc(NC(=O)CNc3cc(OC)ccc3Cl)cc2)cc1. The van der Waals surface area contributed by atoms with E-state index in [1.165, 1.54) is 0 Å². The van der Waals surface area contributed by atoms with Gasteiger partial charge in [0.2, 0.25) is 5.91 Å². The molecule has 0 atom stereocenters. The van der Waals surface area contributed by atoms with Gasteiger partial charge < -0.3 is 25.4 Å². The van der Waals surface area contributed by atoms with Crippen LogP contribution in [0.5, 0.6) is 11.5 Å². The molecule has 0 aromatic heterocycles. The van der Waals surface area contributed by atoms with Gasteiger partial charge in [-0.05, 0) is 67.6 Å². The maximum Gasteiger partial charge on any atom is 0.255 e. The molecule has 0 radical (unpaired) electrons. The molecule has 32 heavy (non-hydrogen) atoms. The summed E-state index contributed by atoms with van der Waals surface area (Å²) < 4.78 is 10.5. The fourth-order valence-corrected chi connectivity index (χ4v) is 3.04. The van der Waals surface area contributed by atoms with Gasteiger partial charge in [0.05, 0.1) is 31.0 Å². The highest BCUT2D eigenvalue weighted by Gasteiger charge is 2.09. The van der Waals surface area contributed by atoms with Crippen molar-refractivity contribution in [1.82, 2.24) is 0 Å². The average molecular weight is 454 g/mol. The molecular formula is C24H24ClN3O4. The van der Waals surface area contributed by atoms with Crippen LogP contribution in [0.4, 0.5) is 17.1 Å². The van der Waals surface area contributed by atoms with Crippen molar-refractivity contribution in [3.05, 3.63) is 77.3 Å². The van der Waals surface area contributed by atoms with Gasteiger partial charge in [0.1, 0.15) is 11.5 Å². The van der Waals surface area contributed by atoms with Crippen molar-refractivity contribution in [2.45, 2.75) is 6.92 Å². The van der Waals surface area contributed by atoms with Crippen LogP contribution in [0.25, 0.3) is 0 Å². The Morgan fingerprint density at radius 1 is 0.875 bits per heavy atom. The summed E-state index contributed by atoms with van der Waals surface area (Å²) in [6, 6.07) is 18.9. The molecule has 3 aromatic rings. The fourth-order valence-electron chi connectivity index (χ4n) is 2.86. The van der Waals surface area contributed by atoms with Crippen molar-refractivity contribution >= 4 is 40.5 Å². The van der Waals surface area contributed by atoms with Gasteiger partial charge in [0.25, 0.3) is 5.91 Å². The van der Waals surface area contributed by atoms with Crippen LogP contribution in [0.1, 0.15) is 17.3 Å². The number of methoxy groups -OCH3 is 1. The number of amides is 2. The van der Waals surface area contributed by atoms with Crippen molar-refractivity contribution in [3.8, 4) is 11.5 Å². The molecule has 7 nitrogen and oxygen atoms in total. The Morgan fingerprint density at radius 3 is 2.16 bits per heavy atom. The van der Waals surface area contributed by atoms with Crippen LogP contribution in [0.3, 0.4) is 0 Å². The molecule has 0 bridgehead atoms. The number of hydrogen-bond donors (Lipinski definition) is 3. The number of anilines is 3. The van der Waals surface area contributed by atoms with Crippen LogP contribution in [-0.4, -0.2) is 32.1 Å². The van der Waals surface area contributed by atoms with Crippen molar-refractivity contribution in [2.24, 2.45) is 0 Å². The lowest BCUT2D eigenvalue weighted by molar-refractivity contribution is -0.114. The van der Waals surface area contributed by atoms with Gasteiger partial charge in [0.15, 0.2) is 0 Å². The highest BCUT2D eigenvalue weighted by atomic mass is 35.5. The molecule has 3 N–H and O–H groups in total. The minimum absolute atomic E-state index is 0.0207. The lowest BCUT2D eigenvalue weighted by Gasteiger charge is -2.11. The molecule has 3 aromatic carbocycles. The van der Waals surface area contributed by atoms with E-state index in [0.29, 0.717) is 40.0 Å². The van der Waals surface area contributed by atoms with Crippen LogP contribution in [0.15, 0.2) is 66.7 Å². The summed E-state index contributed by atoms with van der Waals surface area (Å²) in [4.78, 5) is 24.7. The van der Waals surface area contributed by atoms with E-state index in [-0.39, 0.29) is 18.4 Å². The quantitative estimate of drug-likeness (QED) is 0.422. The first-order chi connectivity index (χ1) is 15.5. The van der Waals surface area contributed by atoms with Gasteiger partial charge in [0, 0.05) is 23.0 Å². The van der Waals surface area contributed by atoms with Crippen LogP contribution < -0.4 is 25.4 Å². The predicted octanol–water partition coefficient (Wildman–Crippen LogP) is 5.05. The number of nitrogens with one attached hydrogen (secondary N) is 3. The molecule has 8 heteroatoms. The summed E-state index contributed by atoms with van der Waals surface area (Å²) in [5, 5.41) is 9.07. The molecule has 0 saturated heterocycles. The third-order valence-corrected chi connectivity index (χ3v) is 4.80. The summed E-state index contributed by atoms with van der Waals surface area (Å²) in [6.07, 6.45) is 0. The first kappa shape index (κ1) is 23.0. The zero-order valence-electron chi connectivity index (χ0n) is 17.8. The Labute approximate surface area is 191 Å². The van der Waals surface area contributed by atoms with E-state index in [2.05, 4.69) is 16.0 Å². The lowest BCUT2D eigenvalue weighted by Crippen LogP contribution is -2.22. The molecule has 3 rings (SSSR count). The molecule has 0 aliphatic carbocycles. The van der Waals surface area contributed by atoms with Crippen molar-refractivity contribution < 1.29 is 19.1 Å². The van der Waals surface area contributed by atoms with E-state index in [9.17, 15) is 9.59 Å². The van der Waals surface area contributed by atoms with Gasteiger partial charge in [-0.15, -0.1) is 0 Å². The molecule has 0 fully saturated rings. The number of halogens is 1. The van der Waals surface area contributed by atoms with Crippen LogP contribution in [0.2, 0.25) is 5.02 Å². The Morgan fingerprint density at radius 2 is 1.50 bits per heavy atom. The van der Waals surface area contributed by atoms with Crippen LogP contribution in [-0.2, 0) is 4.79 Å². The predicted molar refractivity (Wildman–Crippen MR) is 127 cm³/mol. The second-order valence-electron chi connectivity index (χ2n) is 6.74. The number of carbonyl (C=O) groups excluding carboxylic acids is 2. The molecule has 166 valence electrons. The topological polar surface area (TPSA) is 88.7 Å². The van der Waals surface area contributed by atoms with E-state index >= 15 is 0 Å². The van der Waals surface area contributed by atoms with E-state index < -0.39 is 0 Å². The molecule has 0 aliphatic rings. The van der Waals surface area contributed by atoms with Gasteiger partial charge in [-0.25, -0.2) is 0 Å². The van der Waals surface area contributed by atoms with Gasteiger partial charge >= 0.3 is 0 Å². The molecule has 0 spiro atoms. The Hall–Kier alpha value is -3.71. The standard InChI is InChI=1S/C24H24ClN3O4/c1-3-32-19-10-8-18(9-11-19)28-24(30)16-4-6-17(7-5-16)27-23(29)15-26-22-14-20(31-2)12-13-21(22)25/h4-14,26H,3,15H2,1-2H3,(H,27,29)(H,28,30). The number of hydrogen-bond acceptors (Lipinski definition) is 5. The summed E-state index contributed by atoms with van der Waals surface area (Å²) in [6.45, 7) is 2.51. The second-order valence-corrected chi connectivity index (χ2v) is 7.14. The first-order valence-electron chi connectivity index (χ1n) is 10.00. The number of rotatable bonds is 9. The van der Waals surface area contributed by atoms with Gasteiger partial charge in [-0.2, -0.15) is 0 Å². The Balaban J connectivity index is 1.52. The monoisotopic (exact) mass is 453 g/mol. The smallest absolute Gasteiger partial charge is 0.255 e. The Kier molecular flexibility index (Phi) is 7.94. The molecular weight excluding hydrogens is 430 g/mol. The maximum atomic E-state index is 12.4. The minimum atomic E-state index is -0.254. The lowest BCUT2D eigenvalue weighted by atomic mass is 10.2.